The fourth-order valence-electron chi connectivity index (χ4n) is 2.11. The number of halogens is 1. The van der Waals surface area contributed by atoms with Crippen molar-refractivity contribution in [1.82, 2.24) is 4.90 Å². The molecular formula is C17H19FNOY-. The smallest absolute Gasteiger partial charge is 0.120 e. The van der Waals surface area contributed by atoms with E-state index in [-0.39, 0.29) is 38.5 Å². The Kier molecular flexibility index (Phi) is 7.34. The third kappa shape index (κ3) is 4.27. The van der Waals surface area contributed by atoms with Crippen LogP contribution in [-0.2, 0) is 32.7 Å². The third-order valence-corrected chi connectivity index (χ3v) is 3.10. The van der Waals surface area contributed by atoms with Crippen LogP contribution in [-0.4, -0.2) is 18.1 Å². The van der Waals surface area contributed by atoms with Gasteiger partial charge < -0.3 is 9.64 Å². The van der Waals surface area contributed by atoms with Crippen molar-refractivity contribution in [3.05, 3.63) is 60.1 Å². The van der Waals surface area contributed by atoms with Crippen LogP contribution in [0.2, 0.25) is 0 Å². The normalized spacial score (nSPS) is 13.8. The van der Waals surface area contributed by atoms with Gasteiger partial charge in [0.25, 0.3) is 0 Å². The maximum atomic E-state index is 14.3. The zero-order valence-corrected chi connectivity index (χ0v) is 15.4. The Morgan fingerprint density at radius 1 is 1.33 bits per heavy atom. The molecule has 21 heavy (non-hydrogen) atoms. The molecule has 1 aromatic carbocycles. The minimum atomic E-state index is -0.303. The monoisotopic (exact) mass is 361 g/mol. The summed E-state index contributed by atoms with van der Waals surface area (Å²) in [5, 5.41) is 0. The van der Waals surface area contributed by atoms with Gasteiger partial charge in [-0.05, 0) is 25.1 Å². The molecule has 0 bridgehead atoms. The van der Waals surface area contributed by atoms with Gasteiger partial charge in [0.2, 0.25) is 0 Å². The van der Waals surface area contributed by atoms with Crippen molar-refractivity contribution < 1.29 is 41.8 Å². The number of hydrogen-bond donors (Lipinski definition) is 0. The predicted molar refractivity (Wildman–Crippen MR) is 79.5 cm³/mol. The van der Waals surface area contributed by atoms with E-state index in [0.29, 0.717) is 23.6 Å². The largest absolute Gasteiger partial charge is 0.494 e. The minimum absolute atomic E-state index is 0. The standard InChI is InChI=1S/C17H19FNO.Y/c1-4-11-20-14-9-10-15(16(18)12-14)17-8-6-7-13(3)19(17)5-2;/h6-7,9-10,12H,3-5,11H2,1-2H3;/q-1;. The molecule has 109 valence electrons. The summed E-state index contributed by atoms with van der Waals surface area (Å²) >= 11 is 0. The van der Waals surface area contributed by atoms with E-state index in [1.807, 2.05) is 24.8 Å². The van der Waals surface area contributed by atoms with Crippen molar-refractivity contribution in [3.63, 3.8) is 0 Å². The van der Waals surface area contributed by atoms with Crippen molar-refractivity contribution in [3.8, 4) is 5.75 Å². The summed E-state index contributed by atoms with van der Waals surface area (Å²) in [6, 6.07) is 4.95. The zero-order chi connectivity index (χ0) is 14.5. The molecule has 0 aromatic heterocycles. The number of hydrogen-bond acceptors (Lipinski definition) is 2. The van der Waals surface area contributed by atoms with E-state index in [1.54, 1.807) is 18.2 Å². The van der Waals surface area contributed by atoms with E-state index in [1.165, 1.54) is 6.07 Å². The van der Waals surface area contributed by atoms with Crippen molar-refractivity contribution in [2.24, 2.45) is 0 Å². The van der Waals surface area contributed by atoms with Crippen LogP contribution in [0.25, 0.3) is 5.70 Å². The van der Waals surface area contributed by atoms with Crippen LogP contribution >= 0.6 is 0 Å². The third-order valence-electron chi connectivity index (χ3n) is 3.10. The fourth-order valence-corrected chi connectivity index (χ4v) is 2.11. The first-order chi connectivity index (χ1) is 9.67. The molecule has 1 aromatic rings. The van der Waals surface area contributed by atoms with E-state index in [4.69, 9.17) is 4.74 Å². The van der Waals surface area contributed by atoms with Gasteiger partial charge in [0.15, 0.2) is 0 Å². The first-order valence-corrected chi connectivity index (χ1v) is 6.86. The predicted octanol–water partition coefficient (Wildman–Crippen LogP) is 4.16. The Labute approximate surface area is 151 Å². The number of benzene rings is 1. The summed E-state index contributed by atoms with van der Waals surface area (Å²) in [5.74, 6) is 0.254. The van der Waals surface area contributed by atoms with Gasteiger partial charge in [-0.15, -0.1) is 12.1 Å². The summed E-state index contributed by atoms with van der Waals surface area (Å²) in [6.45, 7) is 9.29. The summed E-state index contributed by atoms with van der Waals surface area (Å²) in [5.41, 5.74) is 2.06. The van der Waals surface area contributed by atoms with Crippen molar-refractivity contribution in [1.29, 1.82) is 0 Å². The molecule has 0 saturated heterocycles. The number of ether oxygens (including phenoxy) is 1. The summed E-state index contributed by atoms with van der Waals surface area (Å²) < 4.78 is 19.7. The molecule has 1 radical (unpaired) electrons. The molecule has 2 rings (SSSR count). The molecule has 0 atom stereocenters. The molecule has 4 heteroatoms. The van der Waals surface area contributed by atoms with Gasteiger partial charge in [-0.25, -0.2) is 4.39 Å². The topological polar surface area (TPSA) is 12.5 Å². The van der Waals surface area contributed by atoms with E-state index >= 15 is 0 Å². The van der Waals surface area contributed by atoms with Gasteiger partial charge in [-0.2, -0.15) is 12.2 Å². The molecular weight excluding hydrogens is 342 g/mol. The van der Waals surface area contributed by atoms with Crippen molar-refractivity contribution >= 4 is 5.70 Å². The second-order valence-corrected chi connectivity index (χ2v) is 4.55. The van der Waals surface area contributed by atoms with Crippen LogP contribution in [0.3, 0.4) is 0 Å². The molecule has 0 N–H and O–H groups in total. The van der Waals surface area contributed by atoms with Crippen LogP contribution in [0.15, 0.2) is 42.6 Å². The molecule has 1 heterocycles. The Hall–Kier alpha value is -0.926. The van der Waals surface area contributed by atoms with Gasteiger partial charge in [-0.1, -0.05) is 24.8 Å². The molecule has 0 fully saturated rings. The maximum absolute atomic E-state index is 14.3. The van der Waals surface area contributed by atoms with E-state index < -0.39 is 0 Å². The van der Waals surface area contributed by atoms with Crippen molar-refractivity contribution in [2.75, 3.05) is 13.2 Å². The second-order valence-electron chi connectivity index (χ2n) is 4.55. The average molecular weight is 361 g/mol. The van der Waals surface area contributed by atoms with Gasteiger partial charge in [0.1, 0.15) is 5.75 Å². The van der Waals surface area contributed by atoms with Gasteiger partial charge in [0, 0.05) is 45.3 Å². The van der Waals surface area contributed by atoms with Gasteiger partial charge >= 0.3 is 0 Å². The van der Waals surface area contributed by atoms with Gasteiger partial charge in [-0.3, -0.25) is 0 Å². The van der Waals surface area contributed by atoms with Crippen LogP contribution in [0.1, 0.15) is 25.8 Å². The van der Waals surface area contributed by atoms with Crippen molar-refractivity contribution in [2.45, 2.75) is 20.3 Å². The first kappa shape index (κ1) is 18.1. The number of likely N-dealkylation sites (N-methyl/N-ethyl adjacent to an activating group) is 1. The molecule has 0 unspecified atom stereocenters. The minimum Gasteiger partial charge on any atom is -0.494 e. The molecule has 0 amide bonds. The van der Waals surface area contributed by atoms with E-state index in [2.05, 4.69) is 12.7 Å². The quantitative estimate of drug-likeness (QED) is 0.731. The summed E-state index contributed by atoms with van der Waals surface area (Å²) in [6.07, 6.45) is 7.62. The SMILES string of the molecule is C=C1C=C[C-]=C(c2ccc(OCCC)cc2F)N1CC.[Y]. The summed E-state index contributed by atoms with van der Waals surface area (Å²) in [7, 11) is 0. The Balaban J connectivity index is 0.00000220. The van der Waals surface area contributed by atoms with E-state index in [0.717, 1.165) is 18.7 Å². The second kappa shape index (κ2) is 8.50. The van der Waals surface area contributed by atoms with Crippen LogP contribution < -0.4 is 4.74 Å². The zero-order valence-electron chi connectivity index (χ0n) is 12.5. The van der Waals surface area contributed by atoms with Crippen LogP contribution in [0.4, 0.5) is 4.39 Å². The molecule has 1 aliphatic heterocycles. The maximum Gasteiger partial charge on any atom is 0.120 e. The van der Waals surface area contributed by atoms with Crippen LogP contribution in [0.5, 0.6) is 5.75 Å². The summed E-state index contributed by atoms with van der Waals surface area (Å²) in [4.78, 5) is 1.94. The molecule has 1 aliphatic rings. The van der Waals surface area contributed by atoms with Gasteiger partial charge in [0.05, 0.1) is 12.4 Å². The Morgan fingerprint density at radius 2 is 2.10 bits per heavy atom. The average Bonchev–Trinajstić information content (AvgIpc) is 2.45. The Bertz CT molecular complexity index is 566. The molecule has 0 aliphatic carbocycles. The molecule has 2 nitrogen and oxygen atoms in total. The molecule has 0 spiro atoms. The fraction of sp³-hybridized carbons (Fsp3) is 0.294. The number of rotatable bonds is 5. The Morgan fingerprint density at radius 3 is 2.71 bits per heavy atom. The number of nitrogens with zero attached hydrogens (tertiary/aromatic N) is 1. The molecule has 0 saturated carbocycles. The first-order valence-electron chi connectivity index (χ1n) is 6.86. The number of allylic oxidation sites excluding steroid dienone is 3. The van der Waals surface area contributed by atoms with E-state index in [9.17, 15) is 4.39 Å². The van der Waals surface area contributed by atoms with Crippen LogP contribution in [0, 0.1) is 11.9 Å².